The maximum atomic E-state index is 14.2. The van der Waals surface area contributed by atoms with Gasteiger partial charge in [0, 0.05) is 28.2 Å². The lowest BCUT2D eigenvalue weighted by Crippen LogP contribution is -2.34. The predicted molar refractivity (Wildman–Crippen MR) is 126 cm³/mol. The minimum atomic E-state index is -0.603. The van der Waals surface area contributed by atoms with Crippen LogP contribution in [0, 0.1) is 5.82 Å². The van der Waals surface area contributed by atoms with Crippen molar-refractivity contribution in [2.24, 2.45) is 0 Å². The number of halogens is 1. The number of hydrogen-bond acceptors (Lipinski definition) is 5. The van der Waals surface area contributed by atoms with Gasteiger partial charge in [-0.05, 0) is 36.4 Å². The van der Waals surface area contributed by atoms with Crippen LogP contribution in [0.5, 0.6) is 0 Å². The van der Waals surface area contributed by atoms with E-state index in [9.17, 15) is 18.8 Å². The van der Waals surface area contributed by atoms with Crippen molar-refractivity contribution < 1.29 is 23.5 Å². The Balaban J connectivity index is 1.59. The molecule has 0 aliphatic carbocycles. The van der Waals surface area contributed by atoms with Crippen LogP contribution in [0.25, 0.3) is 17.0 Å². The second-order valence-electron chi connectivity index (χ2n) is 7.66. The molecule has 1 saturated heterocycles. The zero-order valence-corrected chi connectivity index (χ0v) is 18.9. The molecule has 0 spiro atoms. The topological polar surface area (TPSA) is 68.6 Å². The number of carbonyl (C=O) groups excluding carboxylic acids is 3. The van der Waals surface area contributed by atoms with E-state index in [4.69, 9.17) is 4.74 Å². The van der Waals surface area contributed by atoms with Gasteiger partial charge in [-0.25, -0.2) is 4.39 Å². The Morgan fingerprint density at radius 2 is 1.88 bits per heavy atom. The molecule has 2 amide bonds. The van der Waals surface area contributed by atoms with Gasteiger partial charge >= 0.3 is 5.97 Å². The van der Waals surface area contributed by atoms with Gasteiger partial charge in [-0.1, -0.05) is 49.7 Å². The number of esters is 1. The third-order valence-electron chi connectivity index (χ3n) is 5.33. The molecule has 33 heavy (non-hydrogen) atoms. The van der Waals surface area contributed by atoms with Crippen LogP contribution in [0.15, 0.2) is 59.6 Å². The van der Waals surface area contributed by atoms with E-state index in [1.54, 1.807) is 24.3 Å². The van der Waals surface area contributed by atoms with Crippen molar-refractivity contribution in [3.8, 4) is 0 Å². The Morgan fingerprint density at radius 3 is 2.67 bits per heavy atom. The Hall–Kier alpha value is -3.39. The molecule has 0 atom stereocenters. The minimum Gasteiger partial charge on any atom is -0.464 e. The molecule has 1 aliphatic rings. The van der Waals surface area contributed by atoms with E-state index in [1.807, 2.05) is 42.0 Å². The van der Waals surface area contributed by atoms with Crippen molar-refractivity contribution in [3.05, 3.63) is 76.6 Å². The monoisotopic (exact) mass is 466 g/mol. The highest BCUT2D eigenvalue weighted by molar-refractivity contribution is 8.18. The molecule has 1 aromatic heterocycles. The van der Waals surface area contributed by atoms with Gasteiger partial charge < -0.3 is 9.30 Å². The lowest BCUT2D eigenvalue weighted by atomic mass is 10.1. The van der Waals surface area contributed by atoms with Gasteiger partial charge in [0.15, 0.2) is 0 Å². The van der Waals surface area contributed by atoms with Gasteiger partial charge in [-0.15, -0.1) is 0 Å². The lowest BCUT2D eigenvalue weighted by Gasteiger charge is -2.11. The van der Waals surface area contributed by atoms with Crippen molar-refractivity contribution in [1.29, 1.82) is 0 Å². The summed E-state index contributed by atoms with van der Waals surface area (Å²) in [6, 6.07) is 14.2. The molecule has 1 fully saturated rings. The molecule has 0 N–H and O–H groups in total. The van der Waals surface area contributed by atoms with Crippen molar-refractivity contribution in [3.63, 3.8) is 0 Å². The quantitative estimate of drug-likeness (QED) is 0.259. The summed E-state index contributed by atoms with van der Waals surface area (Å²) >= 11 is 0.793. The van der Waals surface area contributed by atoms with Crippen LogP contribution in [0.4, 0.5) is 9.18 Å². The minimum absolute atomic E-state index is 0.232. The number of fused-ring (bicyclic) bond motifs is 1. The van der Waals surface area contributed by atoms with Gasteiger partial charge in [-0.2, -0.15) is 0 Å². The molecule has 4 rings (SSSR count). The second kappa shape index (κ2) is 10.0. The van der Waals surface area contributed by atoms with Crippen LogP contribution in [-0.2, 0) is 20.9 Å². The Morgan fingerprint density at radius 1 is 1.12 bits per heavy atom. The van der Waals surface area contributed by atoms with E-state index in [1.165, 1.54) is 6.07 Å². The number of imide groups is 1. The molecule has 0 unspecified atom stereocenters. The molecule has 2 heterocycles. The smallest absolute Gasteiger partial charge is 0.326 e. The van der Waals surface area contributed by atoms with Crippen LogP contribution in [0.1, 0.15) is 30.9 Å². The third-order valence-corrected chi connectivity index (χ3v) is 6.23. The molecule has 1 aliphatic heterocycles. The Kier molecular flexibility index (Phi) is 6.93. The fourth-order valence-electron chi connectivity index (χ4n) is 3.61. The van der Waals surface area contributed by atoms with Crippen LogP contribution in [0.2, 0.25) is 0 Å². The van der Waals surface area contributed by atoms with E-state index < -0.39 is 23.7 Å². The van der Waals surface area contributed by atoms with Crippen molar-refractivity contribution in [2.75, 3.05) is 13.2 Å². The van der Waals surface area contributed by atoms with Crippen molar-refractivity contribution in [1.82, 2.24) is 9.47 Å². The fraction of sp³-hybridized carbons (Fsp3) is 0.240. The van der Waals surface area contributed by atoms with Gasteiger partial charge in [0.25, 0.3) is 11.1 Å². The first kappa shape index (κ1) is 22.8. The molecular weight excluding hydrogens is 443 g/mol. The number of carbonyl (C=O) groups is 3. The normalized spacial score (nSPS) is 15.1. The van der Waals surface area contributed by atoms with Gasteiger partial charge in [-0.3, -0.25) is 19.3 Å². The van der Waals surface area contributed by atoms with Gasteiger partial charge in [0.2, 0.25) is 0 Å². The summed E-state index contributed by atoms with van der Waals surface area (Å²) in [7, 11) is 0. The first-order chi connectivity index (χ1) is 16.0. The lowest BCUT2D eigenvalue weighted by molar-refractivity contribution is -0.146. The first-order valence-electron chi connectivity index (χ1n) is 10.7. The van der Waals surface area contributed by atoms with Crippen LogP contribution in [0.3, 0.4) is 0 Å². The van der Waals surface area contributed by atoms with E-state index >= 15 is 0 Å². The zero-order chi connectivity index (χ0) is 23.4. The summed E-state index contributed by atoms with van der Waals surface area (Å²) in [5.74, 6) is -1.42. The SMILES string of the molecule is CCCCOC(=O)CN1C(=O)S/C(=C\c2cn(Cc3ccccc3F)c3ccccc23)C1=O. The summed E-state index contributed by atoms with van der Waals surface area (Å²) in [4.78, 5) is 38.3. The summed E-state index contributed by atoms with van der Waals surface area (Å²) in [5.41, 5.74) is 2.16. The fourth-order valence-corrected chi connectivity index (χ4v) is 4.44. The van der Waals surface area contributed by atoms with E-state index in [-0.39, 0.29) is 17.3 Å². The molecule has 0 saturated carbocycles. The van der Waals surface area contributed by atoms with E-state index in [0.29, 0.717) is 12.1 Å². The number of unbranched alkanes of at least 4 members (excludes halogenated alkanes) is 1. The van der Waals surface area contributed by atoms with E-state index in [2.05, 4.69) is 0 Å². The summed E-state index contributed by atoms with van der Waals surface area (Å²) in [6.45, 7) is 2.16. The molecule has 170 valence electrons. The number of nitrogens with zero attached hydrogens (tertiary/aromatic N) is 2. The standard InChI is InChI=1S/C25H23FN2O4S/c1-2-3-12-32-23(29)16-28-24(30)22(33-25(28)31)13-18-15-27(21-11-7-5-9-19(18)21)14-17-8-4-6-10-20(17)26/h4-11,13,15H,2-3,12,14,16H2,1H3/b22-13-. The number of thioether (sulfide) groups is 1. The number of hydrogen-bond donors (Lipinski definition) is 0. The molecule has 6 nitrogen and oxygen atoms in total. The first-order valence-corrected chi connectivity index (χ1v) is 11.5. The molecule has 3 aromatic rings. The predicted octanol–water partition coefficient (Wildman–Crippen LogP) is 5.21. The number of amides is 2. The van der Waals surface area contributed by atoms with Crippen molar-refractivity contribution in [2.45, 2.75) is 26.3 Å². The number of aromatic nitrogens is 1. The van der Waals surface area contributed by atoms with Gasteiger partial charge in [0.05, 0.1) is 18.1 Å². The Labute approximate surface area is 195 Å². The maximum Gasteiger partial charge on any atom is 0.326 e. The summed E-state index contributed by atoms with van der Waals surface area (Å²) < 4.78 is 21.2. The number of rotatable bonds is 8. The second-order valence-corrected chi connectivity index (χ2v) is 8.66. The number of ether oxygens (including phenoxy) is 1. The maximum absolute atomic E-state index is 14.2. The zero-order valence-electron chi connectivity index (χ0n) is 18.1. The molecular formula is C25H23FN2O4S. The molecule has 8 heteroatoms. The van der Waals surface area contributed by atoms with Crippen LogP contribution in [-0.4, -0.2) is 39.7 Å². The third kappa shape index (κ3) is 5.01. The highest BCUT2D eigenvalue weighted by Gasteiger charge is 2.36. The highest BCUT2D eigenvalue weighted by atomic mass is 32.2. The van der Waals surface area contributed by atoms with Crippen LogP contribution < -0.4 is 0 Å². The Bertz CT molecular complexity index is 1250. The molecule has 0 bridgehead atoms. The number of para-hydroxylation sites is 1. The summed E-state index contributed by atoms with van der Waals surface area (Å²) in [5, 5.41) is 0.369. The van der Waals surface area contributed by atoms with E-state index in [0.717, 1.165) is 46.0 Å². The number of benzene rings is 2. The molecule has 2 aromatic carbocycles. The average molecular weight is 467 g/mol. The largest absolute Gasteiger partial charge is 0.464 e. The van der Waals surface area contributed by atoms with Crippen molar-refractivity contribution >= 4 is 45.9 Å². The molecule has 0 radical (unpaired) electrons. The summed E-state index contributed by atoms with van der Waals surface area (Å²) in [6.07, 6.45) is 5.09. The van der Waals surface area contributed by atoms with Crippen LogP contribution >= 0.6 is 11.8 Å². The highest BCUT2D eigenvalue weighted by Crippen LogP contribution is 2.34. The average Bonchev–Trinajstić information content (AvgIpc) is 3.28. The van der Waals surface area contributed by atoms with Gasteiger partial charge in [0.1, 0.15) is 12.4 Å².